The standard InChI is InChI=1S/C13H16F3N5O/c14-13(15,16)10-2-4-18-12(19-10)21-7-5-20(6-8-21)9-1-3-17-11(9)22/h2,4,9H,1,3,5-8H2,(H,17,22)/t9-/m1/s1. The van der Waals surface area contributed by atoms with Crippen LogP contribution in [0.3, 0.4) is 0 Å². The molecule has 3 rings (SSSR count). The van der Waals surface area contributed by atoms with Gasteiger partial charge in [-0.2, -0.15) is 13.2 Å². The molecule has 0 spiro atoms. The fourth-order valence-electron chi connectivity index (χ4n) is 2.82. The summed E-state index contributed by atoms with van der Waals surface area (Å²) in [6.45, 7) is 2.91. The van der Waals surface area contributed by atoms with Gasteiger partial charge in [0.25, 0.3) is 0 Å². The number of carbonyl (C=O) groups excluding carboxylic acids is 1. The maximum Gasteiger partial charge on any atom is 0.433 e. The number of nitrogens with one attached hydrogen (secondary N) is 1. The number of aromatic nitrogens is 2. The molecule has 1 N–H and O–H groups in total. The lowest BCUT2D eigenvalue weighted by Crippen LogP contribution is -2.52. The van der Waals surface area contributed by atoms with Gasteiger partial charge >= 0.3 is 6.18 Å². The van der Waals surface area contributed by atoms with Crippen molar-refractivity contribution < 1.29 is 18.0 Å². The summed E-state index contributed by atoms with van der Waals surface area (Å²) in [5, 5.41) is 2.79. The number of anilines is 1. The quantitative estimate of drug-likeness (QED) is 0.861. The molecule has 0 bridgehead atoms. The zero-order valence-corrected chi connectivity index (χ0v) is 11.8. The number of rotatable bonds is 2. The summed E-state index contributed by atoms with van der Waals surface area (Å²) in [5.41, 5.74) is -0.935. The smallest absolute Gasteiger partial charge is 0.355 e. The summed E-state index contributed by atoms with van der Waals surface area (Å²) in [6, 6.07) is 0.743. The molecule has 0 saturated carbocycles. The van der Waals surface area contributed by atoms with Crippen LogP contribution in [0.4, 0.5) is 19.1 Å². The van der Waals surface area contributed by atoms with Crippen LogP contribution in [0, 0.1) is 0 Å². The Labute approximate surface area is 125 Å². The third kappa shape index (κ3) is 2.99. The predicted octanol–water partition coefficient (Wildman–Crippen LogP) is 0.506. The van der Waals surface area contributed by atoms with E-state index in [0.717, 1.165) is 18.7 Å². The van der Waals surface area contributed by atoms with E-state index in [2.05, 4.69) is 20.2 Å². The van der Waals surface area contributed by atoms with E-state index in [1.54, 1.807) is 4.90 Å². The molecule has 1 atom stereocenters. The van der Waals surface area contributed by atoms with E-state index in [9.17, 15) is 18.0 Å². The van der Waals surface area contributed by atoms with E-state index >= 15 is 0 Å². The first kappa shape index (κ1) is 15.0. The summed E-state index contributed by atoms with van der Waals surface area (Å²) >= 11 is 0. The van der Waals surface area contributed by atoms with Crippen LogP contribution >= 0.6 is 0 Å². The van der Waals surface area contributed by atoms with E-state index in [4.69, 9.17) is 0 Å². The molecule has 0 radical (unpaired) electrons. The Balaban J connectivity index is 1.65. The summed E-state index contributed by atoms with van der Waals surface area (Å²) < 4.78 is 38.0. The van der Waals surface area contributed by atoms with Gasteiger partial charge in [0, 0.05) is 38.9 Å². The first-order chi connectivity index (χ1) is 10.4. The lowest BCUT2D eigenvalue weighted by Gasteiger charge is -2.37. The lowest BCUT2D eigenvalue weighted by atomic mass is 10.2. The largest absolute Gasteiger partial charge is 0.433 e. The Hall–Kier alpha value is -1.90. The number of alkyl halides is 3. The van der Waals surface area contributed by atoms with Crippen LogP contribution in [0.2, 0.25) is 0 Å². The Morgan fingerprint density at radius 1 is 1.23 bits per heavy atom. The predicted molar refractivity (Wildman–Crippen MR) is 72.2 cm³/mol. The zero-order chi connectivity index (χ0) is 15.7. The number of carbonyl (C=O) groups is 1. The number of hydrogen-bond donors (Lipinski definition) is 1. The molecular formula is C13H16F3N5O. The number of amides is 1. The van der Waals surface area contributed by atoms with Crippen LogP contribution in [0.25, 0.3) is 0 Å². The van der Waals surface area contributed by atoms with Crippen LogP contribution in [-0.2, 0) is 11.0 Å². The maximum atomic E-state index is 12.7. The highest BCUT2D eigenvalue weighted by Gasteiger charge is 2.35. The van der Waals surface area contributed by atoms with Gasteiger partial charge < -0.3 is 10.2 Å². The van der Waals surface area contributed by atoms with Crippen molar-refractivity contribution in [1.82, 2.24) is 20.2 Å². The van der Waals surface area contributed by atoms with Gasteiger partial charge in [0.1, 0.15) is 5.69 Å². The maximum absolute atomic E-state index is 12.7. The van der Waals surface area contributed by atoms with E-state index in [1.165, 1.54) is 0 Å². The molecule has 1 aromatic heterocycles. The third-order valence-electron chi connectivity index (χ3n) is 3.99. The van der Waals surface area contributed by atoms with Crippen molar-refractivity contribution in [1.29, 1.82) is 0 Å². The molecule has 6 nitrogen and oxygen atoms in total. The fourth-order valence-corrected chi connectivity index (χ4v) is 2.82. The fraction of sp³-hybridized carbons (Fsp3) is 0.615. The molecule has 1 amide bonds. The van der Waals surface area contributed by atoms with Gasteiger partial charge in [-0.1, -0.05) is 0 Å². The van der Waals surface area contributed by atoms with Gasteiger partial charge in [-0.3, -0.25) is 9.69 Å². The Bertz CT molecular complexity index is 557. The van der Waals surface area contributed by atoms with Crippen molar-refractivity contribution in [2.75, 3.05) is 37.6 Å². The summed E-state index contributed by atoms with van der Waals surface area (Å²) in [4.78, 5) is 23.0. The third-order valence-corrected chi connectivity index (χ3v) is 3.99. The molecule has 2 aliphatic rings. The van der Waals surface area contributed by atoms with Crippen molar-refractivity contribution in [3.8, 4) is 0 Å². The van der Waals surface area contributed by atoms with Gasteiger partial charge in [-0.05, 0) is 12.5 Å². The SMILES string of the molecule is O=C1NCC[C@H]1N1CCN(c2nccc(C(F)(F)F)n2)CC1. The van der Waals surface area contributed by atoms with Crippen LogP contribution in [0.5, 0.6) is 0 Å². The second kappa shape index (κ2) is 5.71. The normalized spacial score (nSPS) is 23.7. The highest BCUT2D eigenvalue weighted by molar-refractivity contribution is 5.83. The van der Waals surface area contributed by atoms with Crippen molar-refractivity contribution >= 4 is 11.9 Å². The van der Waals surface area contributed by atoms with Gasteiger partial charge in [0.2, 0.25) is 11.9 Å². The Kier molecular flexibility index (Phi) is 3.90. The molecule has 22 heavy (non-hydrogen) atoms. The average Bonchev–Trinajstić information content (AvgIpc) is 2.93. The second-order valence-electron chi connectivity index (χ2n) is 5.36. The molecule has 2 fully saturated rings. The van der Waals surface area contributed by atoms with Gasteiger partial charge in [-0.25, -0.2) is 9.97 Å². The lowest BCUT2D eigenvalue weighted by molar-refractivity contribution is -0.141. The molecule has 1 aromatic rings. The van der Waals surface area contributed by atoms with Crippen LogP contribution in [0.1, 0.15) is 12.1 Å². The molecule has 9 heteroatoms. The van der Waals surface area contributed by atoms with E-state index < -0.39 is 11.9 Å². The minimum atomic E-state index is -4.47. The minimum absolute atomic E-state index is 0.0313. The molecule has 0 aliphatic carbocycles. The number of piperazine rings is 1. The van der Waals surface area contributed by atoms with E-state index in [1.807, 2.05) is 0 Å². The van der Waals surface area contributed by atoms with Gasteiger partial charge in [0.15, 0.2) is 0 Å². The van der Waals surface area contributed by atoms with Crippen molar-refractivity contribution in [2.45, 2.75) is 18.6 Å². The first-order valence-corrected chi connectivity index (χ1v) is 7.12. The zero-order valence-electron chi connectivity index (χ0n) is 11.8. The average molecular weight is 315 g/mol. The van der Waals surface area contributed by atoms with Gasteiger partial charge in [0.05, 0.1) is 6.04 Å². The monoisotopic (exact) mass is 315 g/mol. The Morgan fingerprint density at radius 3 is 2.55 bits per heavy atom. The van der Waals surface area contributed by atoms with Crippen LogP contribution < -0.4 is 10.2 Å². The number of hydrogen-bond acceptors (Lipinski definition) is 5. The molecule has 2 saturated heterocycles. The van der Waals surface area contributed by atoms with E-state index in [0.29, 0.717) is 32.7 Å². The highest BCUT2D eigenvalue weighted by atomic mass is 19.4. The Morgan fingerprint density at radius 2 is 1.95 bits per heavy atom. The van der Waals surface area contributed by atoms with E-state index in [-0.39, 0.29) is 17.9 Å². The molecule has 3 heterocycles. The molecular weight excluding hydrogens is 299 g/mol. The number of nitrogens with zero attached hydrogens (tertiary/aromatic N) is 4. The van der Waals surface area contributed by atoms with Crippen molar-refractivity contribution in [3.05, 3.63) is 18.0 Å². The molecule has 0 aromatic carbocycles. The molecule has 0 unspecified atom stereocenters. The highest BCUT2D eigenvalue weighted by Crippen LogP contribution is 2.28. The minimum Gasteiger partial charge on any atom is -0.355 e. The van der Waals surface area contributed by atoms with Crippen molar-refractivity contribution in [3.63, 3.8) is 0 Å². The summed E-state index contributed by atoms with van der Waals surface area (Å²) in [7, 11) is 0. The summed E-state index contributed by atoms with van der Waals surface area (Å²) in [5.74, 6) is 0.120. The van der Waals surface area contributed by atoms with Crippen molar-refractivity contribution in [2.24, 2.45) is 0 Å². The number of halogens is 3. The topological polar surface area (TPSA) is 61.4 Å². The van der Waals surface area contributed by atoms with Gasteiger partial charge in [-0.15, -0.1) is 0 Å². The molecule has 120 valence electrons. The van der Waals surface area contributed by atoms with Crippen LogP contribution in [0.15, 0.2) is 12.3 Å². The summed E-state index contributed by atoms with van der Waals surface area (Å²) in [6.07, 6.45) is -2.57. The van der Waals surface area contributed by atoms with Crippen LogP contribution in [-0.4, -0.2) is 59.5 Å². The first-order valence-electron chi connectivity index (χ1n) is 7.12. The second-order valence-corrected chi connectivity index (χ2v) is 5.36. The molecule has 2 aliphatic heterocycles.